The fourth-order valence-corrected chi connectivity index (χ4v) is 3.40. The molecule has 1 atom stereocenters. The fourth-order valence-electron chi connectivity index (χ4n) is 2.83. The number of hydrogen-bond acceptors (Lipinski definition) is 3. The molecule has 0 aromatic heterocycles. The lowest BCUT2D eigenvalue weighted by Gasteiger charge is -2.27. The van der Waals surface area contributed by atoms with Gasteiger partial charge in [-0.3, -0.25) is 4.99 Å². The van der Waals surface area contributed by atoms with E-state index in [4.69, 9.17) is 28.9 Å². The minimum atomic E-state index is 0. The molecule has 1 aromatic carbocycles. The van der Waals surface area contributed by atoms with Crippen LogP contribution in [0.25, 0.3) is 0 Å². The van der Waals surface area contributed by atoms with Crippen LogP contribution in [-0.2, 0) is 6.42 Å². The molecule has 1 aliphatic heterocycles. The van der Waals surface area contributed by atoms with Crippen molar-refractivity contribution >= 4 is 47.1 Å². The Morgan fingerprint density at radius 3 is 2.84 bits per heavy atom. The van der Waals surface area contributed by atoms with E-state index in [-0.39, 0.29) is 12.4 Å². The van der Waals surface area contributed by atoms with Crippen molar-refractivity contribution in [3.05, 3.63) is 27.2 Å². The summed E-state index contributed by atoms with van der Waals surface area (Å²) in [7, 11) is 0. The molecule has 2 aliphatic rings. The lowest BCUT2D eigenvalue weighted by atomic mass is 9.81. The Balaban J connectivity index is 0.00000133. The van der Waals surface area contributed by atoms with Gasteiger partial charge in [0.1, 0.15) is 5.84 Å². The molecule has 1 aromatic rings. The number of aliphatic imine (C=N–C) groups is 1. The summed E-state index contributed by atoms with van der Waals surface area (Å²) in [6.45, 7) is 1.79. The van der Waals surface area contributed by atoms with Crippen LogP contribution in [0.3, 0.4) is 0 Å². The minimum absolute atomic E-state index is 0. The molecule has 0 bridgehead atoms. The zero-order valence-corrected chi connectivity index (χ0v) is 12.7. The molecule has 3 rings (SSSR count). The molecule has 0 saturated heterocycles. The first-order chi connectivity index (χ1) is 8.68. The van der Waals surface area contributed by atoms with Crippen LogP contribution in [0.1, 0.15) is 29.9 Å². The molecule has 6 heteroatoms. The summed E-state index contributed by atoms with van der Waals surface area (Å²) in [4.78, 5) is 4.53. The summed E-state index contributed by atoms with van der Waals surface area (Å²) in [5.41, 5.74) is 8.73. The maximum absolute atomic E-state index is 6.32. The van der Waals surface area contributed by atoms with Gasteiger partial charge < -0.3 is 11.1 Å². The standard InChI is InChI=1S/C13H15Cl2N3.ClH/c14-10-6-9-7(11(15)12(10)16)2-1-3-8(9)13-17-4-5-18-13;/h6,8H,1-5,16H2,(H,17,18);1H. The number of rotatable bonds is 1. The van der Waals surface area contributed by atoms with Crippen LogP contribution in [0, 0.1) is 0 Å². The Kier molecular flexibility index (Phi) is 4.49. The van der Waals surface area contributed by atoms with Crippen molar-refractivity contribution in [1.82, 2.24) is 5.32 Å². The Hall–Kier alpha value is -0.640. The Morgan fingerprint density at radius 1 is 1.37 bits per heavy atom. The van der Waals surface area contributed by atoms with Gasteiger partial charge in [-0.1, -0.05) is 23.2 Å². The predicted octanol–water partition coefficient (Wildman–Crippen LogP) is 3.42. The van der Waals surface area contributed by atoms with Gasteiger partial charge in [0, 0.05) is 12.5 Å². The average molecular weight is 321 g/mol. The summed E-state index contributed by atoms with van der Waals surface area (Å²) in [6, 6.07) is 1.96. The molecule has 0 spiro atoms. The Labute approximate surface area is 129 Å². The summed E-state index contributed by atoms with van der Waals surface area (Å²) >= 11 is 12.5. The highest BCUT2D eigenvalue weighted by molar-refractivity contribution is 6.39. The highest BCUT2D eigenvalue weighted by Gasteiger charge is 2.29. The summed E-state index contributed by atoms with van der Waals surface area (Å²) in [6.07, 6.45) is 3.17. The van der Waals surface area contributed by atoms with Crippen LogP contribution >= 0.6 is 35.6 Å². The number of nitrogens with zero attached hydrogens (tertiary/aromatic N) is 1. The molecule has 19 heavy (non-hydrogen) atoms. The van der Waals surface area contributed by atoms with Gasteiger partial charge in [-0.05, 0) is 36.5 Å². The zero-order valence-electron chi connectivity index (χ0n) is 10.4. The first kappa shape index (κ1) is 14.8. The van der Waals surface area contributed by atoms with Crippen molar-refractivity contribution in [1.29, 1.82) is 0 Å². The molecule has 3 nitrogen and oxygen atoms in total. The quantitative estimate of drug-likeness (QED) is 0.779. The number of anilines is 1. The largest absolute Gasteiger partial charge is 0.396 e. The van der Waals surface area contributed by atoms with Gasteiger partial charge in [0.2, 0.25) is 0 Å². The van der Waals surface area contributed by atoms with Gasteiger partial charge in [0.25, 0.3) is 0 Å². The first-order valence-corrected chi connectivity index (χ1v) is 6.98. The van der Waals surface area contributed by atoms with E-state index in [1.54, 1.807) is 0 Å². The van der Waals surface area contributed by atoms with E-state index in [0.29, 0.717) is 21.7 Å². The molecule has 1 unspecified atom stereocenters. The second-order valence-electron chi connectivity index (χ2n) is 4.79. The number of halogens is 3. The van der Waals surface area contributed by atoms with Crippen LogP contribution in [-0.4, -0.2) is 18.9 Å². The van der Waals surface area contributed by atoms with E-state index < -0.39 is 0 Å². The molecule has 0 radical (unpaired) electrons. The Bertz CT molecular complexity index is 528. The molecule has 0 saturated carbocycles. The van der Waals surface area contributed by atoms with Crippen LogP contribution in [0.4, 0.5) is 5.69 Å². The van der Waals surface area contributed by atoms with Gasteiger partial charge in [0.15, 0.2) is 0 Å². The number of nitrogens with two attached hydrogens (primary N) is 1. The third kappa shape index (κ3) is 2.51. The highest BCUT2D eigenvalue weighted by atomic mass is 35.5. The summed E-state index contributed by atoms with van der Waals surface area (Å²) in [5, 5.41) is 4.52. The van der Waals surface area contributed by atoms with Crippen LogP contribution < -0.4 is 11.1 Å². The van der Waals surface area contributed by atoms with E-state index in [1.807, 2.05) is 6.07 Å². The minimum Gasteiger partial charge on any atom is -0.396 e. The molecule has 0 amide bonds. The maximum atomic E-state index is 6.32. The van der Waals surface area contributed by atoms with Gasteiger partial charge in [-0.2, -0.15) is 0 Å². The fraction of sp³-hybridized carbons (Fsp3) is 0.462. The topological polar surface area (TPSA) is 50.4 Å². The van der Waals surface area contributed by atoms with Crippen LogP contribution in [0.2, 0.25) is 10.0 Å². The predicted molar refractivity (Wildman–Crippen MR) is 84.1 cm³/mol. The van der Waals surface area contributed by atoms with E-state index in [0.717, 1.165) is 43.8 Å². The van der Waals surface area contributed by atoms with E-state index in [1.165, 1.54) is 5.56 Å². The van der Waals surface area contributed by atoms with Crippen LogP contribution in [0.15, 0.2) is 11.1 Å². The SMILES string of the molecule is Cl.Nc1c(Cl)cc2c(c1Cl)CCCC2C1=NCCN1. The van der Waals surface area contributed by atoms with Crippen molar-refractivity contribution in [3.8, 4) is 0 Å². The average Bonchev–Trinajstić information content (AvgIpc) is 2.89. The second kappa shape index (κ2) is 5.78. The third-order valence-electron chi connectivity index (χ3n) is 3.71. The highest BCUT2D eigenvalue weighted by Crippen LogP contribution is 2.42. The van der Waals surface area contributed by atoms with E-state index in [9.17, 15) is 0 Å². The summed E-state index contributed by atoms with van der Waals surface area (Å²) < 4.78 is 0. The molecule has 1 aliphatic carbocycles. The van der Waals surface area contributed by atoms with Gasteiger partial charge >= 0.3 is 0 Å². The van der Waals surface area contributed by atoms with Gasteiger partial charge in [-0.25, -0.2) is 0 Å². The van der Waals surface area contributed by atoms with Crippen molar-refractivity contribution < 1.29 is 0 Å². The first-order valence-electron chi connectivity index (χ1n) is 6.23. The molecule has 3 N–H and O–H groups in total. The molecule has 1 heterocycles. The molecular weight excluding hydrogens is 305 g/mol. The van der Waals surface area contributed by atoms with Crippen molar-refractivity contribution in [2.45, 2.75) is 25.2 Å². The number of benzene rings is 1. The number of nitrogen functional groups attached to an aromatic ring is 1. The normalized spacial score (nSPS) is 21.2. The van der Waals surface area contributed by atoms with Crippen molar-refractivity contribution in [3.63, 3.8) is 0 Å². The third-order valence-corrected chi connectivity index (χ3v) is 4.46. The molecule has 0 fully saturated rings. The Morgan fingerprint density at radius 2 is 2.16 bits per heavy atom. The summed E-state index contributed by atoms with van der Waals surface area (Å²) in [5.74, 6) is 1.37. The lowest BCUT2D eigenvalue weighted by molar-refractivity contribution is 0.642. The number of amidine groups is 1. The second-order valence-corrected chi connectivity index (χ2v) is 5.58. The molecular formula is C13H16Cl3N3. The maximum Gasteiger partial charge on any atom is 0.104 e. The smallest absolute Gasteiger partial charge is 0.104 e. The zero-order chi connectivity index (χ0) is 12.7. The van der Waals surface area contributed by atoms with Crippen molar-refractivity contribution in [2.24, 2.45) is 4.99 Å². The lowest BCUT2D eigenvalue weighted by Crippen LogP contribution is -2.28. The van der Waals surface area contributed by atoms with Crippen molar-refractivity contribution in [2.75, 3.05) is 18.8 Å². The number of nitrogens with one attached hydrogen (secondary N) is 1. The monoisotopic (exact) mass is 319 g/mol. The van der Waals surface area contributed by atoms with Gasteiger partial charge in [-0.15, -0.1) is 12.4 Å². The number of hydrogen-bond donors (Lipinski definition) is 2. The van der Waals surface area contributed by atoms with Gasteiger partial charge in [0.05, 0.1) is 22.3 Å². The molecule has 104 valence electrons. The number of fused-ring (bicyclic) bond motifs is 1. The van der Waals surface area contributed by atoms with E-state index in [2.05, 4.69) is 10.3 Å². The van der Waals surface area contributed by atoms with Crippen LogP contribution in [0.5, 0.6) is 0 Å². The van der Waals surface area contributed by atoms with E-state index >= 15 is 0 Å².